The Morgan fingerprint density at radius 3 is 2.62 bits per heavy atom. The molecule has 0 saturated heterocycles. The minimum Gasteiger partial charge on any atom is -0.493 e. The van der Waals surface area contributed by atoms with Gasteiger partial charge in [0.2, 0.25) is 0 Å². The predicted molar refractivity (Wildman–Crippen MR) is 83.9 cm³/mol. The highest BCUT2D eigenvalue weighted by atomic mass is 16.5. The largest absolute Gasteiger partial charge is 0.493 e. The zero-order valence-corrected chi connectivity index (χ0v) is 13.1. The van der Waals surface area contributed by atoms with E-state index in [1.165, 1.54) is 0 Å². The monoisotopic (exact) mass is 292 g/mol. The summed E-state index contributed by atoms with van der Waals surface area (Å²) in [6.07, 6.45) is 1.70. The minimum atomic E-state index is -0.233. The van der Waals surface area contributed by atoms with E-state index in [2.05, 4.69) is 17.2 Å². The molecule has 1 unspecified atom stereocenters. The summed E-state index contributed by atoms with van der Waals surface area (Å²) in [7, 11) is 1.60. The zero-order valence-electron chi connectivity index (χ0n) is 13.1. The van der Waals surface area contributed by atoms with Gasteiger partial charge in [-0.1, -0.05) is 12.1 Å². The molecule has 1 aromatic carbocycles. The van der Waals surface area contributed by atoms with Crippen LogP contribution < -0.4 is 20.1 Å². The summed E-state index contributed by atoms with van der Waals surface area (Å²) in [5.74, 6) is 1.35. The van der Waals surface area contributed by atoms with Crippen LogP contribution in [0.15, 0.2) is 30.9 Å². The third-order valence-electron chi connectivity index (χ3n) is 2.80. The lowest BCUT2D eigenvalue weighted by Gasteiger charge is -2.18. The SMILES string of the molecule is C=CCNC(=O)NC(C)c1ccc(OC(C)C)c(OC)c1. The molecule has 5 nitrogen and oxygen atoms in total. The highest BCUT2D eigenvalue weighted by molar-refractivity contribution is 5.74. The third kappa shape index (κ3) is 5.38. The molecular weight excluding hydrogens is 268 g/mol. The molecule has 116 valence electrons. The molecule has 1 aromatic rings. The first-order valence-corrected chi connectivity index (χ1v) is 6.97. The molecule has 1 atom stereocenters. The molecule has 0 aliphatic rings. The second-order valence-electron chi connectivity index (χ2n) is 4.94. The van der Waals surface area contributed by atoms with Crippen molar-refractivity contribution in [1.29, 1.82) is 0 Å². The molecule has 0 heterocycles. The molecule has 0 aliphatic carbocycles. The van der Waals surface area contributed by atoms with Crippen LogP contribution in [0.2, 0.25) is 0 Å². The summed E-state index contributed by atoms with van der Waals surface area (Å²) >= 11 is 0. The lowest BCUT2D eigenvalue weighted by molar-refractivity contribution is 0.230. The fourth-order valence-corrected chi connectivity index (χ4v) is 1.80. The standard InChI is InChI=1S/C16H24N2O3/c1-6-9-17-16(19)18-12(4)13-7-8-14(21-11(2)3)15(10-13)20-5/h6-8,10-12H,1,9H2,2-5H3,(H2,17,18,19). The van der Waals surface area contributed by atoms with E-state index in [4.69, 9.17) is 9.47 Å². The van der Waals surface area contributed by atoms with Crippen LogP contribution in [0.4, 0.5) is 4.79 Å². The Morgan fingerprint density at radius 1 is 1.33 bits per heavy atom. The maximum atomic E-state index is 11.6. The fourth-order valence-electron chi connectivity index (χ4n) is 1.80. The maximum Gasteiger partial charge on any atom is 0.315 e. The number of hydrogen-bond acceptors (Lipinski definition) is 3. The second-order valence-corrected chi connectivity index (χ2v) is 4.94. The second kappa shape index (κ2) is 8.19. The van der Waals surface area contributed by atoms with Crippen LogP contribution in [0, 0.1) is 0 Å². The van der Waals surface area contributed by atoms with E-state index in [9.17, 15) is 4.79 Å². The molecule has 0 spiro atoms. The van der Waals surface area contributed by atoms with Gasteiger partial charge in [0.1, 0.15) is 0 Å². The van der Waals surface area contributed by atoms with Gasteiger partial charge in [0.15, 0.2) is 11.5 Å². The highest BCUT2D eigenvalue weighted by Gasteiger charge is 2.13. The van der Waals surface area contributed by atoms with Gasteiger partial charge in [0.25, 0.3) is 0 Å². The number of methoxy groups -OCH3 is 1. The highest BCUT2D eigenvalue weighted by Crippen LogP contribution is 2.30. The predicted octanol–water partition coefficient (Wildman–Crippen LogP) is 3.03. The number of urea groups is 1. The number of ether oxygens (including phenoxy) is 2. The molecule has 0 fully saturated rings. The first-order valence-electron chi connectivity index (χ1n) is 6.97. The Kier molecular flexibility index (Phi) is 6.59. The number of amides is 2. The van der Waals surface area contributed by atoms with Crippen LogP contribution in [0.3, 0.4) is 0 Å². The van der Waals surface area contributed by atoms with E-state index < -0.39 is 0 Å². The van der Waals surface area contributed by atoms with Crippen molar-refractivity contribution in [3.8, 4) is 11.5 Å². The first kappa shape index (κ1) is 16.9. The van der Waals surface area contributed by atoms with Crippen molar-refractivity contribution in [1.82, 2.24) is 10.6 Å². The van der Waals surface area contributed by atoms with Crippen molar-refractivity contribution >= 4 is 6.03 Å². The van der Waals surface area contributed by atoms with Gasteiger partial charge in [-0.15, -0.1) is 6.58 Å². The van der Waals surface area contributed by atoms with Crippen LogP contribution in [-0.2, 0) is 0 Å². The number of carbonyl (C=O) groups is 1. The summed E-state index contributed by atoms with van der Waals surface area (Å²) in [5.41, 5.74) is 0.941. The smallest absolute Gasteiger partial charge is 0.315 e. The molecule has 0 aromatic heterocycles. The Balaban J connectivity index is 2.78. The van der Waals surface area contributed by atoms with Crippen LogP contribution in [-0.4, -0.2) is 25.8 Å². The molecule has 2 N–H and O–H groups in total. The molecule has 0 radical (unpaired) electrons. The number of carbonyl (C=O) groups excluding carboxylic acids is 1. The maximum absolute atomic E-state index is 11.6. The topological polar surface area (TPSA) is 59.6 Å². The summed E-state index contributed by atoms with van der Waals surface area (Å²) < 4.78 is 11.0. The zero-order chi connectivity index (χ0) is 15.8. The molecule has 1 rings (SSSR count). The summed E-state index contributed by atoms with van der Waals surface area (Å²) in [6, 6.07) is 5.27. The molecule has 2 amide bonds. The van der Waals surface area contributed by atoms with Gasteiger partial charge in [-0.3, -0.25) is 0 Å². The van der Waals surface area contributed by atoms with E-state index in [-0.39, 0.29) is 18.2 Å². The van der Waals surface area contributed by atoms with Gasteiger partial charge in [-0.05, 0) is 38.5 Å². The normalized spacial score (nSPS) is 11.7. The number of rotatable bonds is 7. The molecule has 0 aliphatic heterocycles. The van der Waals surface area contributed by atoms with E-state index in [0.29, 0.717) is 18.0 Å². The van der Waals surface area contributed by atoms with Crippen molar-refractivity contribution in [3.05, 3.63) is 36.4 Å². The van der Waals surface area contributed by atoms with Gasteiger partial charge < -0.3 is 20.1 Å². The van der Waals surface area contributed by atoms with E-state index in [1.807, 2.05) is 39.0 Å². The van der Waals surface area contributed by atoms with E-state index >= 15 is 0 Å². The quantitative estimate of drug-likeness (QED) is 0.759. The van der Waals surface area contributed by atoms with Crippen LogP contribution >= 0.6 is 0 Å². The van der Waals surface area contributed by atoms with E-state index in [0.717, 1.165) is 5.56 Å². The summed E-state index contributed by atoms with van der Waals surface area (Å²) in [5, 5.41) is 5.52. The van der Waals surface area contributed by atoms with Crippen LogP contribution in [0.5, 0.6) is 11.5 Å². The number of hydrogen-bond donors (Lipinski definition) is 2. The van der Waals surface area contributed by atoms with Crippen molar-refractivity contribution in [2.24, 2.45) is 0 Å². The average molecular weight is 292 g/mol. The van der Waals surface area contributed by atoms with Gasteiger partial charge in [0, 0.05) is 6.54 Å². The fraction of sp³-hybridized carbons (Fsp3) is 0.438. The van der Waals surface area contributed by atoms with Crippen molar-refractivity contribution in [3.63, 3.8) is 0 Å². The Labute approximate surface area is 126 Å². The lowest BCUT2D eigenvalue weighted by Crippen LogP contribution is -2.37. The van der Waals surface area contributed by atoms with E-state index in [1.54, 1.807) is 13.2 Å². The average Bonchev–Trinajstić information content (AvgIpc) is 2.44. The molecule has 5 heteroatoms. The first-order chi connectivity index (χ1) is 9.97. The lowest BCUT2D eigenvalue weighted by atomic mass is 10.1. The third-order valence-corrected chi connectivity index (χ3v) is 2.80. The van der Waals surface area contributed by atoms with Crippen molar-refractivity contribution < 1.29 is 14.3 Å². The minimum absolute atomic E-state index is 0.0741. The molecule has 0 bridgehead atoms. The van der Waals surface area contributed by atoms with Crippen LogP contribution in [0.1, 0.15) is 32.4 Å². The van der Waals surface area contributed by atoms with Crippen LogP contribution in [0.25, 0.3) is 0 Å². The summed E-state index contributed by atoms with van der Waals surface area (Å²) in [4.78, 5) is 11.6. The van der Waals surface area contributed by atoms with Gasteiger partial charge >= 0.3 is 6.03 Å². The molecule has 21 heavy (non-hydrogen) atoms. The molecular formula is C16H24N2O3. The Hall–Kier alpha value is -2.17. The Morgan fingerprint density at radius 2 is 2.05 bits per heavy atom. The Bertz CT molecular complexity index is 486. The van der Waals surface area contributed by atoms with Gasteiger partial charge in [-0.2, -0.15) is 0 Å². The number of nitrogens with one attached hydrogen (secondary N) is 2. The van der Waals surface area contributed by atoms with Crippen molar-refractivity contribution in [2.45, 2.75) is 32.9 Å². The summed E-state index contributed by atoms with van der Waals surface area (Å²) in [6.45, 7) is 9.81. The number of benzene rings is 1. The van der Waals surface area contributed by atoms with Crippen molar-refractivity contribution in [2.75, 3.05) is 13.7 Å². The van der Waals surface area contributed by atoms with Gasteiger partial charge in [-0.25, -0.2) is 4.79 Å². The van der Waals surface area contributed by atoms with Gasteiger partial charge in [0.05, 0.1) is 19.3 Å². The molecule has 0 saturated carbocycles.